The minimum Gasteiger partial charge on any atom is -0.497 e. The quantitative estimate of drug-likeness (QED) is 0.476. The highest BCUT2D eigenvalue weighted by molar-refractivity contribution is 6.01. The molecule has 1 N–H and O–H groups in total. The van der Waals surface area contributed by atoms with Crippen molar-refractivity contribution in [2.45, 2.75) is 24.8 Å². The van der Waals surface area contributed by atoms with Crippen molar-refractivity contribution in [2.75, 3.05) is 19.5 Å². The van der Waals surface area contributed by atoms with E-state index in [0.29, 0.717) is 18.8 Å². The van der Waals surface area contributed by atoms with Crippen molar-refractivity contribution in [1.29, 1.82) is 0 Å². The van der Waals surface area contributed by atoms with Gasteiger partial charge in [-0.2, -0.15) is 10.1 Å². The number of aromatic nitrogens is 3. The molecular weight excluding hydrogens is 428 g/mol. The van der Waals surface area contributed by atoms with Crippen LogP contribution in [0.3, 0.4) is 0 Å². The molecule has 170 valence electrons. The van der Waals surface area contributed by atoms with E-state index in [1.165, 1.54) is 6.33 Å². The molecule has 3 aromatic carbocycles. The molecule has 1 aliphatic carbocycles. The third kappa shape index (κ3) is 3.15. The van der Waals surface area contributed by atoms with E-state index in [4.69, 9.17) is 9.47 Å². The average Bonchev–Trinajstić information content (AvgIpc) is 3.35. The van der Waals surface area contributed by atoms with Gasteiger partial charge in [0.05, 0.1) is 14.2 Å². The largest absolute Gasteiger partial charge is 0.497 e. The van der Waals surface area contributed by atoms with Crippen LogP contribution in [0, 0.1) is 0 Å². The van der Waals surface area contributed by atoms with Gasteiger partial charge in [0.25, 0.3) is 0 Å². The molecule has 2 atom stereocenters. The molecule has 0 amide bonds. The normalized spacial score (nSPS) is 19.4. The first kappa shape index (κ1) is 20.5. The summed E-state index contributed by atoms with van der Waals surface area (Å²) in [4.78, 5) is 18.2. The van der Waals surface area contributed by atoms with Crippen molar-refractivity contribution in [1.82, 2.24) is 14.8 Å². The number of hydrogen-bond acceptors (Lipinski definition) is 6. The van der Waals surface area contributed by atoms with Crippen molar-refractivity contribution >= 4 is 22.5 Å². The Hall–Kier alpha value is -4.13. The molecule has 1 aliphatic heterocycles. The number of nitrogens with zero attached hydrogens (tertiary/aromatic N) is 3. The number of rotatable bonds is 4. The third-order valence-corrected chi connectivity index (χ3v) is 6.86. The lowest BCUT2D eigenvalue weighted by Gasteiger charge is -2.35. The molecule has 34 heavy (non-hydrogen) atoms. The van der Waals surface area contributed by atoms with Crippen molar-refractivity contribution in [2.24, 2.45) is 0 Å². The number of hydrogen-bond donors (Lipinski definition) is 1. The predicted molar refractivity (Wildman–Crippen MR) is 129 cm³/mol. The molecule has 0 fully saturated rings. The number of methoxy groups -OCH3 is 2. The molecule has 0 radical (unpaired) electrons. The summed E-state index contributed by atoms with van der Waals surface area (Å²) in [5.41, 5.74) is 3.71. The molecule has 2 aliphatic rings. The number of allylic oxidation sites excluding steroid dienone is 2. The molecule has 7 heteroatoms. The highest BCUT2D eigenvalue weighted by Gasteiger charge is 2.40. The summed E-state index contributed by atoms with van der Waals surface area (Å²) in [6.07, 6.45) is 2.61. The van der Waals surface area contributed by atoms with E-state index in [-0.39, 0.29) is 17.7 Å². The van der Waals surface area contributed by atoms with Gasteiger partial charge in [0.15, 0.2) is 5.78 Å². The SMILES string of the molecule is COc1ccc([C@H]2CC(=O)C3=C(C2)Nc2ncnn2[C@@H]3c2cccc3ccccc23)c(OC)c1. The maximum absolute atomic E-state index is 13.8. The standard InChI is InChI=1S/C27H24N4O3/c1-33-18-10-11-20(24(14-18)34-2)17-12-22-25(23(32)13-17)26(31-27(30-22)28-15-29-31)21-9-5-7-16-6-3-4-8-19(16)21/h3-11,14-15,17,26H,12-13H2,1-2H3,(H,28,29,30)/t17-,26-/m1/s1. The highest BCUT2D eigenvalue weighted by Crippen LogP contribution is 2.46. The van der Waals surface area contributed by atoms with E-state index >= 15 is 0 Å². The molecule has 0 spiro atoms. The van der Waals surface area contributed by atoms with Crippen molar-refractivity contribution < 1.29 is 14.3 Å². The highest BCUT2D eigenvalue weighted by atomic mass is 16.5. The Kier molecular flexibility index (Phi) is 4.83. The van der Waals surface area contributed by atoms with E-state index < -0.39 is 0 Å². The summed E-state index contributed by atoms with van der Waals surface area (Å²) in [5.74, 6) is 2.19. The number of carbonyl (C=O) groups excluding carboxylic acids is 1. The summed E-state index contributed by atoms with van der Waals surface area (Å²) >= 11 is 0. The maximum atomic E-state index is 13.8. The lowest BCUT2D eigenvalue weighted by Crippen LogP contribution is -2.33. The fourth-order valence-electron chi connectivity index (χ4n) is 5.30. The fraction of sp³-hybridized carbons (Fsp3) is 0.222. The number of nitrogens with one attached hydrogen (secondary N) is 1. The average molecular weight is 453 g/mol. The third-order valence-electron chi connectivity index (χ3n) is 6.86. The number of anilines is 1. The zero-order valence-corrected chi connectivity index (χ0v) is 19.0. The monoisotopic (exact) mass is 452 g/mol. The van der Waals surface area contributed by atoms with Gasteiger partial charge in [-0.1, -0.05) is 48.5 Å². The van der Waals surface area contributed by atoms with Crippen LogP contribution in [0.2, 0.25) is 0 Å². The van der Waals surface area contributed by atoms with Crippen LogP contribution < -0.4 is 14.8 Å². The molecule has 1 aromatic heterocycles. The van der Waals surface area contributed by atoms with E-state index in [1.54, 1.807) is 14.2 Å². The van der Waals surface area contributed by atoms with Gasteiger partial charge in [-0.25, -0.2) is 4.68 Å². The number of fused-ring (bicyclic) bond motifs is 2. The first-order chi connectivity index (χ1) is 16.7. The lowest BCUT2D eigenvalue weighted by atomic mass is 9.77. The Morgan fingerprint density at radius 3 is 2.68 bits per heavy atom. The van der Waals surface area contributed by atoms with Crippen LogP contribution in [0.4, 0.5) is 5.95 Å². The van der Waals surface area contributed by atoms with Crippen LogP contribution in [0.5, 0.6) is 11.5 Å². The Bertz CT molecular complexity index is 1450. The van der Waals surface area contributed by atoms with Crippen LogP contribution in [0.15, 0.2) is 78.3 Å². The Morgan fingerprint density at radius 1 is 0.971 bits per heavy atom. The van der Waals surface area contributed by atoms with Gasteiger partial charge in [0, 0.05) is 29.7 Å². The summed E-state index contributed by atoms with van der Waals surface area (Å²) in [7, 11) is 3.27. The van der Waals surface area contributed by atoms with Crippen LogP contribution in [-0.4, -0.2) is 34.8 Å². The van der Waals surface area contributed by atoms with E-state index in [9.17, 15) is 4.79 Å². The van der Waals surface area contributed by atoms with Gasteiger partial charge < -0.3 is 14.8 Å². The van der Waals surface area contributed by atoms with Gasteiger partial charge in [-0.15, -0.1) is 0 Å². The van der Waals surface area contributed by atoms with Gasteiger partial charge in [-0.3, -0.25) is 4.79 Å². The molecule has 0 saturated carbocycles. The Labute approximate surface area is 197 Å². The second-order valence-electron chi connectivity index (χ2n) is 8.65. The zero-order valence-electron chi connectivity index (χ0n) is 19.0. The summed E-state index contributed by atoms with van der Waals surface area (Å²) in [5, 5.41) is 10.1. The Balaban J connectivity index is 1.48. The molecule has 0 bridgehead atoms. The number of ketones is 1. The maximum Gasteiger partial charge on any atom is 0.226 e. The number of ether oxygens (including phenoxy) is 2. The van der Waals surface area contributed by atoms with Crippen molar-refractivity contribution in [3.8, 4) is 11.5 Å². The van der Waals surface area contributed by atoms with Crippen molar-refractivity contribution in [3.05, 3.63) is 89.4 Å². The van der Waals surface area contributed by atoms with Crippen LogP contribution in [-0.2, 0) is 4.79 Å². The van der Waals surface area contributed by atoms with E-state index in [1.807, 2.05) is 41.1 Å². The predicted octanol–water partition coefficient (Wildman–Crippen LogP) is 4.86. The van der Waals surface area contributed by atoms with Crippen LogP contribution in [0.25, 0.3) is 10.8 Å². The van der Waals surface area contributed by atoms with Crippen LogP contribution in [0.1, 0.15) is 35.9 Å². The molecule has 6 rings (SSSR count). The lowest BCUT2D eigenvalue weighted by molar-refractivity contribution is -0.116. The van der Waals surface area contributed by atoms with Gasteiger partial charge in [0.2, 0.25) is 5.95 Å². The summed E-state index contributed by atoms with van der Waals surface area (Å²) in [6.45, 7) is 0. The first-order valence-electron chi connectivity index (χ1n) is 11.3. The van der Waals surface area contributed by atoms with Crippen LogP contribution >= 0.6 is 0 Å². The molecule has 2 heterocycles. The fourth-order valence-corrected chi connectivity index (χ4v) is 5.30. The second-order valence-corrected chi connectivity index (χ2v) is 8.65. The Morgan fingerprint density at radius 2 is 1.82 bits per heavy atom. The summed E-state index contributed by atoms with van der Waals surface area (Å²) < 4.78 is 12.8. The number of Topliss-reactive ketones (excluding diaryl/α,β-unsaturated/α-hetero) is 1. The van der Waals surface area contributed by atoms with Crippen molar-refractivity contribution in [3.63, 3.8) is 0 Å². The minimum atomic E-state index is -0.328. The molecule has 0 unspecified atom stereocenters. The molecule has 4 aromatic rings. The zero-order chi connectivity index (χ0) is 23.2. The number of carbonyl (C=O) groups is 1. The molecule has 7 nitrogen and oxygen atoms in total. The molecular formula is C27H24N4O3. The smallest absolute Gasteiger partial charge is 0.226 e. The van der Waals surface area contributed by atoms with E-state index in [0.717, 1.165) is 44.7 Å². The van der Waals surface area contributed by atoms with Gasteiger partial charge in [-0.05, 0) is 34.4 Å². The van der Waals surface area contributed by atoms with Gasteiger partial charge in [0.1, 0.15) is 23.9 Å². The molecule has 0 saturated heterocycles. The number of benzene rings is 3. The van der Waals surface area contributed by atoms with Gasteiger partial charge >= 0.3 is 0 Å². The first-order valence-corrected chi connectivity index (χ1v) is 11.3. The topological polar surface area (TPSA) is 78.3 Å². The van der Waals surface area contributed by atoms with E-state index in [2.05, 4.69) is 39.7 Å². The second kappa shape index (κ2) is 8.02. The minimum absolute atomic E-state index is 0.0118. The summed E-state index contributed by atoms with van der Waals surface area (Å²) in [6, 6.07) is 19.9.